The summed E-state index contributed by atoms with van der Waals surface area (Å²) in [6.07, 6.45) is 3.06. The summed E-state index contributed by atoms with van der Waals surface area (Å²) in [7, 11) is 0. The van der Waals surface area contributed by atoms with Crippen LogP contribution in [0.5, 0.6) is 0 Å². The highest BCUT2D eigenvalue weighted by molar-refractivity contribution is 5.78. The lowest BCUT2D eigenvalue weighted by atomic mass is 9.96. The number of nitrogens with zero attached hydrogens (tertiary/aromatic N) is 2. The first kappa shape index (κ1) is 17.0. The molecular weight excluding hydrogens is 290 g/mol. The van der Waals surface area contributed by atoms with Crippen LogP contribution in [0.3, 0.4) is 0 Å². The molecule has 0 aromatic heterocycles. The van der Waals surface area contributed by atoms with Gasteiger partial charge in [0.2, 0.25) is 11.8 Å². The van der Waals surface area contributed by atoms with E-state index in [0.29, 0.717) is 18.9 Å². The molecule has 0 aliphatic carbocycles. The van der Waals surface area contributed by atoms with E-state index in [-0.39, 0.29) is 18.2 Å². The fourth-order valence-electron chi connectivity index (χ4n) is 2.83. The number of hydrogen-bond donors (Lipinski definition) is 1. The number of carbonyl (C=O) groups excluding carboxylic acids is 2. The van der Waals surface area contributed by atoms with E-state index in [9.17, 15) is 9.59 Å². The minimum Gasteiger partial charge on any atom is -0.355 e. The topological polar surface area (TPSA) is 73.2 Å². The Hall–Kier alpha value is -2.35. The van der Waals surface area contributed by atoms with Gasteiger partial charge in [0.05, 0.1) is 6.07 Å². The van der Waals surface area contributed by atoms with Crippen molar-refractivity contribution in [3.63, 3.8) is 0 Å². The number of rotatable bonds is 6. The van der Waals surface area contributed by atoms with Gasteiger partial charge in [-0.05, 0) is 30.7 Å². The van der Waals surface area contributed by atoms with Gasteiger partial charge in [0.15, 0.2) is 0 Å². The predicted molar refractivity (Wildman–Crippen MR) is 87.3 cm³/mol. The van der Waals surface area contributed by atoms with Crippen LogP contribution in [0.1, 0.15) is 31.2 Å². The van der Waals surface area contributed by atoms with Gasteiger partial charge in [-0.1, -0.05) is 30.3 Å². The summed E-state index contributed by atoms with van der Waals surface area (Å²) in [5, 5.41) is 11.2. The van der Waals surface area contributed by atoms with Crippen LogP contribution in [-0.2, 0) is 16.0 Å². The maximum atomic E-state index is 12.2. The highest BCUT2D eigenvalue weighted by Crippen LogP contribution is 2.17. The number of nitriles is 1. The van der Waals surface area contributed by atoms with Crippen LogP contribution in [0.4, 0.5) is 0 Å². The van der Waals surface area contributed by atoms with E-state index in [4.69, 9.17) is 5.26 Å². The van der Waals surface area contributed by atoms with Gasteiger partial charge < -0.3 is 10.2 Å². The lowest BCUT2D eigenvalue weighted by Gasteiger charge is -2.32. The Balaban J connectivity index is 1.66. The molecule has 0 unspecified atom stereocenters. The molecule has 1 aliphatic rings. The lowest BCUT2D eigenvalue weighted by molar-refractivity contribution is -0.132. The normalized spacial score (nSPS) is 15.0. The molecule has 5 nitrogen and oxygen atoms in total. The number of amides is 2. The third kappa shape index (κ3) is 5.74. The number of piperidine rings is 1. The van der Waals surface area contributed by atoms with Gasteiger partial charge in [0, 0.05) is 26.1 Å². The van der Waals surface area contributed by atoms with Crippen molar-refractivity contribution in [2.75, 3.05) is 19.6 Å². The summed E-state index contributed by atoms with van der Waals surface area (Å²) in [5.74, 6) is 0.394. The third-order valence-electron chi connectivity index (χ3n) is 4.27. The maximum absolute atomic E-state index is 12.2. The van der Waals surface area contributed by atoms with Crippen molar-refractivity contribution in [3.8, 4) is 6.07 Å². The summed E-state index contributed by atoms with van der Waals surface area (Å²) >= 11 is 0. The molecule has 0 spiro atoms. The van der Waals surface area contributed by atoms with Crippen molar-refractivity contribution in [3.05, 3.63) is 35.9 Å². The third-order valence-corrected chi connectivity index (χ3v) is 4.27. The molecule has 1 aromatic rings. The molecule has 0 bridgehead atoms. The summed E-state index contributed by atoms with van der Waals surface area (Å²) in [6, 6.07) is 11.9. The van der Waals surface area contributed by atoms with Crippen LogP contribution >= 0.6 is 0 Å². The largest absolute Gasteiger partial charge is 0.355 e. The second-order valence-corrected chi connectivity index (χ2v) is 5.95. The first-order valence-electron chi connectivity index (χ1n) is 8.14. The van der Waals surface area contributed by atoms with E-state index in [1.54, 1.807) is 0 Å². The standard InChI is InChI=1S/C18H23N3O2/c19-11-8-17(22)20-14-16-9-12-21(13-10-16)18(23)7-6-15-4-2-1-3-5-15/h1-5,16H,6-10,12-14H2,(H,20,22). The summed E-state index contributed by atoms with van der Waals surface area (Å²) in [6.45, 7) is 2.12. The fraction of sp³-hybridized carbons (Fsp3) is 0.500. The number of hydrogen-bond acceptors (Lipinski definition) is 3. The molecule has 1 N–H and O–H groups in total. The van der Waals surface area contributed by atoms with Crippen LogP contribution in [0.2, 0.25) is 0 Å². The molecule has 1 saturated heterocycles. The van der Waals surface area contributed by atoms with Gasteiger partial charge in [-0.25, -0.2) is 0 Å². The fourth-order valence-corrected chi connectivity index (χ4v) is 2.83. The van der Waals surface area contributed by atoms with Gasteiger partial charge in [-0.2, -0.15) is 5.26 Å². The number of carbonyl (C=O) groups is 2. The summed E-state index contributed by atoms with van der Waals surface area (Å²) in [5.41, 5.74) is 1.19. The Kier molecular flexibility index (Phi) is 6.61. The Labute approximate surface area is 137 Å². The summed E-state index contributed by atoms with van der Waals surface area (Å²) < 4.78 is 0. The van der Waals surface area contributed by atoms with Crippen molar-refractivity contribution in [2.24, 2.45) is 5.92 Å². The molecule has 1 heterocycles. The first-order valence-corrected chi connectivity index (χ1v) is 8.14. The second kappa shape index (κ2) is 8.94. The van der Waals surface area contributed by atoms with Gasteiger partial charge in [-0.3, -0.25) is 9.59 Å². The molecule has 0 atom stereocenters. The second-order valence-electron chi connectivity index (χ2n) is 5.95. The molecule has 0 radical (unpaired) electrons. The van der Waals surface area contributed by atoms with E-state index in [0.717, 1.165) is 32.4 Å². The smallest absolute Gasteiger partial charge is 0.234 e. The van der Waals surface area contributed by atoms with Gasteiger partial charge >= 0.3 is 0 Å². The molecular formula is C18H23N3O2. The Morgan fingerprint density at radius 1 is 1.22 bits per heavy atom. The zero-order valence-corrected chi connectivity index (χ0v) is 13.3. The van der Waals surface area contributed by atoms with Crippen LogP contribution in [0.25, 0.3) is 0 Å². The van der Waals surface area contributed by atoms with Crippen molar-refractivity contribution >= 4 is 11.8 Å². The zero-order valence-electron chi connectivity index (χ0n) is 13.3. The van der Waals surface area contributed by atoms with E-state index < -0.39 is 0 Å². The molecule has 2 rings (SSSR count). The van der Waals surface area contributed by atoms with E-state index >= 15 is 0 Å². The quantitative estimate of drug-likeness (QED) is 0.871. The van der Waals surface area contributed by atoms with E-state index in [1.165, 1.54) is 5.56 Å². The molecule has 1 aromatic carbocycles. The molecule has 1 aliphatic heterocycles. The van der Waals surface area contributed by atoms with Crippen molar-refractivity contribution in [2.45, 2.75) is 32.1 Å². The van der Waals surface area contributed by atoms with Crippen LogP contribution in [0.15, 0.2) is 30.3 Å². The van der Waals surface area contributed by atoms with E-state index in [2.05, 4.69) is 5.32 Å². The molecule has 122 valence electrons. The summed E-state index contributed by atoms with van der Waals surface area (Å²) in [4.78, 5) is 25.5. The van der Waals surface area contributed by atoms with Gasteiger partial charge in [-0.15, -0.1) is 0 Å². The molecule has 2 amide bonds. The highest BCUT2D eigenvalue weighted by atomic mass is 16.2. The van der Waals surface area contributed by atoms with Crippen molar-refractivity contribution in [1.29, 1.82) is 5.26 Å². The number of benzene rings is 1. The first-order chi connectivity index (χ1) is 11.2. The van der Waals surface area contributed by atoms with Gasteiger partial charge in [0.25, 0.3) is 0 Å². The van der Waals surface area contributed by atoms with Crippen LogP contribution < -0.4 is 5.32 Å². The Bertz CT molecular complexity index is 557. The van der Waals surface area contributed by atoms with Crippen LogP contribution in [-0.4, -0.2) is 36.3 Å². The highest BCUT2D eigenvalue weighted by Gasteiger charge is 2.22. The lowest BCUT2D eigenvalue weighted by Crippen LogP contribution is -2.41. The van der Waals surface area contributed by atoms with Crippen molar-refractivity contribution in [1.82, 2.24) is 10.2 Å². The minimum atomic E-state index is -0.214. The van der Waals surface area contributed by atoms with Gasteiger partial charge in [0.1, 0.15) is 6.42 Å². The number of likely N-dealkylation sites (tertiary alicyclic amines) is 1. The van der Waals surface area contributed by atoms with Crippen LogP contribution in [0, 0.1) is 17.2 Å². The zero-order chi connectivity index (χ0) is 16.5. The minimum absolute atomic E-state index is 0.0865. The average molecular weight is 313 g/mol. The molecule has 1 fully saturated rings. The van der Waals surface area contributed by atoms with E-state index in [1.807, 2.05) is 41.3 Å². The number of nitrogens with one attached hydrogen (secondary N) is 1. The molecule has 5 heteroatoms. The Morgan fingerprint density at radius 3 is 2.57 bits per heavy atom. The SMILES string of the molecule is N#CCC(=O)NCC1CCN(C(=O)CCc2ccccc2)CC1. The monoisotopic (exact) mass is 313 g/mol. The maximum Gasteiger partial charge on any atom is 0.234 e. The predicted octanol–water partition coefficient (Wildman–Crippen LogP) is 1.89. The Morgan fingerprint density at radius 2 is 1.91 bits per heavy atom. The van der Waals surface area contributed by atoms with Crippen molar-refractivity contribution < 1.29 is 9.59 Å². The average Bonchev–Trinajstić information content (AvgIpc) is 2.59. The molecule has 0 saturated carbocycles. The number of aryl methyl sites for hydroxylation is 1. The molecule has 23 heavy (non-hydrogen) atoms.